The minimum Gasteiger partial charge on any atom is -0.484 e. The van der Waals surface area contributed by atoms with E-state index in [-0.39, 0.29) is 12.5 Å². The monoisotopic (exact) mass is 378 g/mol. The number of terminal acetylenes is 1. The molecule has 0 unspecified atom stereocenters. The van der Waals surface area contributed by atoms with Gasteiger partial charge in [-0.15, -0.1) is 6.42 Å². The van der Waals surface area contributed by atoms with E-state index in [1.165, 1.54) is 16.9 Å². The van der Waals surface area contributed by atoms with Crippen molar-refractivity contribution >= 4 is 27.5 Å². The van der Waals surface area contributed by atoms with Crippen LogP contribution in [0.1, 0.15) is 25.3 Å². The van der Waals surface area contributed by atoms with Crippen molar-refractivity contribution in [3.8, 4) is 18.1 Å². The van der Waals surface area contributed by atoms with Gasteiger partial charge in [0.2, 0.25) is 0 Å². The smallest absolute Gasteiger partial charge is 0.286 e. The number of para-hydroxylation sites is 1. The van der Waals surface area contributed by atoms with Crippen molar-refractivity contribution in [3.05, 3.63) is 58.9 Å². The topological polar surface area (TPSA) is 43.6 Å². The molecule has 1 aromatic heterocycles. The van der Waals surface area contributed by atoms with Crippen LogP contribution in [0.15, 0.2) is 53.5 Å². The summed E-state index contributed by atoms with van der Waals surface area (Å²) >= 11 is 1.49. The van der Waals surface area contributed by atoms with Gasteiger partial charge in [-0.3, -0.25) is 4.79 Å². The summed E-state index contributed by atoms with van der Waals surface area (Å²) in [7, 11) is 0. The molecule has 0 aliphatic carbocycles. The number of aryl methyl sites for hydroxylation is 1. The summed E-state index contributed by atoms with van der Waals surface area (Å²) < 4.78 is 8.49. The lowest BCUT2D eigenvalue weighted by molar-refractivity contribution is -0.120. The summed E-state index contributed by atoms with van der Waals surface area (Å²) in [6.07, 6.45) is 8.90. The molecular weight excluding hydrogens is 356 g/mol. The molecule has 3 rings (SSSR count). The molecule has 2 aromatic carbocycles. The number of ether oxygens (including phenoxy) is 1. The summed E-state index contributed by atoms with van der Waals surface area (Å²) in [4.78, 5) is 17.1. The van der Waals surface area contributed by atoms with Crippen LogP contribution in [-0.2, 0) is 17.8 Å². The zero-order valence-corrected chi connectivity index (χ0v) is 16.2. The fourth-order valence-electron chi connectivity index (χ4n) is 2.78. The Bertz CT molecular complexity index is 1030. The van der Waals surface area contributed by atoms with Gasteiger partial charge < -0.3 is 9.30 Å². The highest BCUT2D eigenvalue weighted by molar-refractivity contribution is 7.16. The highest BCUT2D eigenvalue weighted by Crippen LogP contribution is 2.20. The van der Waals surface area contributed by atoms with Crippen molar-refractivity contribution in [1.82, 2.24) is 4.57 Å². The maximum Gasteiger partial charge on any atom is 0.286 e. The number of benzene rings is 2. The van der Waals surface area contributed by atoms with Crippen LogP contribution in [0.5, 0.6) is 5.75 Å². The molecule has 0 saturated heterocycles. The number of hydrogen-bond donors (Lipinski definition) is 0. The zero-order valence-electron chi connectivity index (χ0n) is 15.4. The van der Waals surface area contributed by atoms with Crippen LogP contribution in [-0.4, -0.2) is 17.1 Å². The summed E-state index contributed by atoms with van der Waals surface area (Å²) in [5.74, 6) is 2.97. The van der Waals surface area contributed by atoms with Gasteiger partial charge in [0, 0.05) is 0 Å². The molecule has 1 heterocycles. The maximum absolute atomic E-state index is 12.3. The Labute approximate surface area is 163 Å². The third kappa shape index (κ3) is 4.87. The quantitative estimate of drug-likeness (QED) is 0.579. The average molecular weight is 378 g/mol. The first-order valence-electron chi connectivity index (χ1n) is 9.02. The van der Waals surface area contributed by atoms with Gasteiger partial charge in [0.05, 0.1) is 16.8 Å². The second-order valence-electron chi connectivity index (χ2n) is 6.19. The number of carbonyl (C=O) groups excluding carboxylic acids is 1. The van der Waals surface area contributed by atoms with Crippen molar-refractivity contribution in [2.75, 3.05) is 6.61 Å². The molecule has 0 fully saturated rings. The van der Waals surface area contributed by atoms with E-state index in [0.29, 0.717) is 17.1 Å². The lowest BCUT2D eigenvalue weighted by atomic mass is 10.1. The molecule has 4 nitrogen and oxygen atoms in total. The number of nitrogens with zero attached hydrogens (tertiary/aromatic N) is 2. The van der Waals surface area contributed by atoms with Gasteiger partial charge in [-0.1, -0.05) is 54.9 Å². The maximum atomic E-state index is 12.3. The van der Waals surface area contributed by atoms with Crippen molar-refractivity contribution < 1.29 is 9.53 Å². The zero-order chi connectivity index (χ0) is 19.1. The summed E-state index contributed by atoms with van der Waals surface area (Å²) in [5, 5.41) is 0. The van der Waals surface area contributed by atoms with Gasteiger partial charge >= 0.3 is 0 Å². The second kappa shape index (κ2) is 9.20. The SMILES string of the molecule is C#CCn1c(=NC(=O)COc2ccccc2)sc2cc(CCCC)ccc21. The van der Waals surface area contributed by atoms with Gasteiger partial charge in [-0.2, -0.15) is 4.99 Å². The number of carbonyl (C=O) groups is 1. The van der Waals surface area contributed by atoms with E-state index in [2.05, 4.69) is 36.0 Å². The highest BCUT2D eigenvalue weighted by atomic mass is 32.1. The van der Waals surface area contributed by atoms with Crippen molar-refractivity contribution in [3.63, 3.8) is 0 Å². The Morgan fingerprint density at radius 1 is 1.26 bits per heavy atom. The number of rotatable bonds is 7. The molecule has 0 radical (unpaired) electrons. The van der Waals surface area contributed by atoms with Crippen LogP contribution in [0, 0.1) is 12.3 Å². The largest absolute Gasteiger partial charge is 0.484 e. The Morgan fingerprint density at radius 2 is 2.07 bits per heavy atom. The lowest BCUT2D eigenvalue weighted by Gasteiger charge is -2.03. The molecule has 0 aliphatic rings. The summed E-state index contributed by atoms with van der Waals surface area (Å²) in [5.41, 5.74) is 2.30. The Kier molecular flexibility index (Phi) is 6.45. The van der Waals surface area contributed by atoms with E-state index >= 15 is 0 Å². The number of unbranched alkanes of at least 4 members (excludes halogenated alkanes) is 1. The van der Waals surface area contributed by atoms with Gasteiger partial charge in [0.25, 0.3) is 5.91 Å². The number of hydrogen-bond acceptors (Lipinski definition) is 3. The number of aromatic nitrogens is 1. The molecule has 0 N–H and O–H groups in total. The molecule has 3 aromatic rings. The first-order valence-corrected chi connectivity index (χ1v) is 9.84. The van der Waals surface area contributed by atoms with Crippen LogP contribution < -0.4 is 9.54 Å². The molecule has 0 spiro atoms. The normalized spacial score (nSPS) is 11.5. The Hall–Kier alpha value is -2.84. The molecule has 0 saturated carbocycles. The minimum absolute atomic E-state index is 0.101. The Morgan fingerprint density at radius 3 is 2.81 bits per heavy atom. The van der Waals surface area contributed by atoms with Crippen LogP contribution >= 0.6 is 11.3 Å². The fraction of sp³-hybridized carbons (Fsp3) is 0.273. The predicted octanol–water partition coefficient (Wildman–Crippen LogP) is 4.18. The van der Waals surface area contributed by atoms with Crippen molar-refractivity contribution in [2.45, 2.75) is 32.7 Å². The molecule has 0 bridgehead atoms. The van der Waals surface area contributed by atoms with Crippen LogP contribution in [0.4, 0.5) is 0 Å². The van der Waals surface area contributed by atoms with E-state index in [1.807, 2.05) is 34.9 Å². The van der Waals surface area contributed by atoms with E-state index in [9.17, 15) is 4.79 Å². The van der Waals surface area contributed by atoms with Crippen LogP contribution in [0.2, 0.25) is 0 Å². The van der Waals surface area contributed by atoms with E-state index in [0.717, 1.165) is 29.5 Å². The summed E-state index contributed by atoms with van der Waals surface area (Å²) in [6, 6.07) is 15.6. The van der Waals surface area contributed by atoms with Gasteiger partial charge in [-0.25, -0.2) is 0 Å². The fourth-order valence-corrected chi connectivity index (χ4v) is 3.89. The van der Waals surface area contributed by atoms with E-state index in [4.69, 9.17) is 11.2 Å². The molecule has 0 atom stereocenters. The second-order valence-corrected chi connectivity index (χ2v) is 7.20. The summed E-state index contributed by atoms with van der Waals surface area (Å²) in [6.45, 7) is 2.46. The van der Waals surface area contributed by atoms with Crippen molar-refractivity contribution in [2.24, 2.45) is 4.99 Å². The van der Waals surface area contributed by atoms with Crippen LogP contribution in [0.25, 0.3) is 10.2 Å². The molecule has 27 heavy (non-hydrogen) atoms. The highest BCUT2D eigenvalue weighted by Gasteiger charge is 2.09. The number of amides is 1. The molecule has 138 valence electrons. The standard InChI is InChI=1S/C22H22N2O2S/c1-3-5-9-17-12-13-19-20(15-17)27-22(24(19)14-4-2)23-21(25)16-26-18-10-7-6-8-11-18/h2,6-8,10-13,15H,3,5,9,14,16H2,1H3. The molecular formula is C22H22N2O2S. The molecule has 1 amide bonds. The lowest BCUT2D eigenvalue weighted by Crippen LogP contribution is -2.19. The van der Waals surface area contributed by atoms with Gasteiger partial charge in [-0.05, 0) is 42.7 Å². The minimum atomic E-state index is -0.331. The van der Waals surface area contributed by atoms with Crippen LogP contribution in [0.3, 0.4) is 0 Å². The molecule has 5 heteroatoms. The first kappa shape index (κ1) is 18.9. The van der Waals surface area contributed by atoms with Crippen molar-refractivity contribution in [1.29, 1.82) is 0 Å². The number of fused-ring (bicyclic) bond motifs is 1. The van der Waals surface area contributed by atoms with E-state index < -0.39 is 0 Å². The third-order valence-electron chi connectivity index (χ3n) is 4.14. The average Bonchev–Trinajstić information content (AvgIpc) is 3.02. The van der Waals surface area contributed by atoms with E-state index in [1.54, 1.807) is 0 Å². The number of thiazole rings is 1. The predicted molar refractivity (Wildman–Crippen MR) is 110 cm³/mol. The third-order valence-corrected chi connectivity index (χ3v) is 5.18. The van der Waals surface area contributed by atoms with Gasteiger partial charge in [0.15, 0.2) is 11.4 Å². The first-order chi connectivity index (χ1) is 13.2. The molecule has 0 aliphatic heterocycles. The Balaban J connectivity index is 1.87. The van der Waals surface area contributed by atoms with Gasteiger partial charge in [0.1, 0.15) is 5.75 Å².